The summed E-state index contributed by atoms with van der Waals surface area (Å²) in [5, 5.41) is 3.18. The fourth-order valence-corrected chi connectivity index (χ4v) is 6.85. The Morgan fingerprint density at radius 1 is 0.800 bits per heavy atom. The van der Waals surface area contributed by atoms with Gasteiger partial charge in [-0.25, -0.2) is 0 Å². The lowest BCUT2D eigenvalue weighted by Crippen LogP contribution is -2.45. The Bertz CT molecular complexity index is 941. The molecule has 2 aromatic rings. The monoisotopic (exact) mass is 433 g/mol. The van der Waals surface area contributed by atoms with Gasteiger partial charge in [0.15, 0.2) is 0 Å². The van der Waals surface area contributed by atoms with Crippen LogP contribution in [0.15, 0.2) is 35.9 Å². The van der Waals surface area contributed by atoms with E-state index in [1.165, 1.54) is 39.8 Å². The smallest absolute Gasteiger partial charge is 0.0656 e. The van der Waals surface area contributed by atoms with E-state index in [0.29, 0.717) is 0 Å². The van der Waals surface area contributed by atoms with Crippen LogP contribution >= 0.6 is 0 Å². The van der Waals surface area contributed by atoms with Crippen LogP contribution in [0.2, 0.25) is 39.3 Å². The van der Waals surface area contributed by atoms with Crippen LogP contribution in [0.5, 0.6) is 0 Å². The number of rotatable bonds is 5. The summed E-state index contributed by atoms with van der Waals surface area (Å²) in [6.07, 6.45) is 7.24. The van der Waals surface area contributed by atoms with Crippen molar-refractivity contribution in [1.29, 1.82) is 0 Å². The lowest BCUT2D eigenvalue weighted by molar-refractivity contribution is 0.592. The second-order valence-corrected chi connectivity index (χ2v) is 22.3. The Morgan fingerprint density at radius 2 is 1.37 bits per heavy atom. The second-order valence-electron chi connectivity index (χ2n) is 12.2. The third-order valence-electron chi connectivity index (χ3n) is 6.25. The first-order chi connectivity index (χ1) is 13.7. The predicted octanol–water partition coefficient (Wildman–Crippen LogP) is 7.49. The van der Waals surface area contributed by atoms with Gasteiger partial charge in [-0.2, -0.15) is 0 Å². The molecule has 0 heterocycles. The number of fused-ring (bicyclic) bond motifs is 1. The van der Waals surface area contributed by atoms with Crippen molar-refractivity contribution in [1.82, 2.24) is 0 Å². The fraction of sp³-hybridized carbons (Fsp3) is 0.464. The zero-order chi connectivity index (χ0) is 22.5. The Morgan fingerprint density at radius 3 is 1.83 bits per heavy atom. The third-order valence-corrected chi connectivity index (χ3v) is 10.3. The quantitative estimate of drug-likeness (QED) is 0.428. The number of hydrogen-bond donors (Lipinski definition) is 0. The highest BCUT2D eigenvalue weighted by molar-refractivity contribution is 6.91. The van der Waals surface area contributed by atoms with Crippen LogP contribution in [0.1, 0.15) is 57.2 Å². The summed E-state index contributed by atoms with van der Waals surface area (Å²) in [6.45, 7) is 24.2. The molecule has 1 aliphatic carbocycles. The summed E-state index contributed by atoms with van der Waals surface area (Å²) < 4.78 is 0. The van der Waals surface area contributed by atoms with Gasteiger partial charge in [0.05, 0.1) is 16.1 Å². The van der Waals surface area contributed by atoms with Crippen LogP contribution < -0.4 is 10.4 Å². The molecule has 0 atom stereocenters. The molecule has 0 unspecified atom stereocenters. The maximum absolute atomic E-state index is 2.55. The van der Waals surface area contributed by atoms with Crippen LogP contribution in [-0.2, 0) is 5.41 Å². The predicted molar refractivity (Wildman–Crippen MR) is 143 cm³/mol. The van der Waals surface area contributed by atoms with Crippen molar-refractivity contribution in [2.75, 3.05) is 0 Å². The molecule has 1 aliphatic rings. The normalized spacial score (nSPS) is 14.7. The highest BCUT2D eigenvalue weighted by Crippen LogP contribution is 2.42. The second kappa shape index (κ2) is 7.95. The van der Waals surface area contributed by atoms with E-state index in [9.17, 15) is 0 Å². The molecular weight excluding hydrogens is 392 g/mol. The highest BCUT2D eigenvalue weighted by atomic mass is 28.3. The zero-order valence-corrected chi connectivity index (χ0v) is 23.0. The molecule has 2 heteroatoms. The van der Waals surface area contributed by atoms with Crippen molar-refractivity contribution >= 4 is 32.6 Å². The third kappa shape index (κ3) is 4.75. The van der Waals surface area contributed by atoms with Gasteiger partial charge in [-0.15, -0.1) is 0 Å². The first kappa shape index (κ1) is 23.3. The minimum absolute atomic E-state index is 0.111. The summed E-state index contributed by atoms with van der Waals surface area (Å²) in [5.74, 6) is 0. The van der Waals surface area contributed by atoms with E-state index < -0.39 is 16.1 Å². The van der Waals surface area contributed by atoms with Gasteiger partial charge in [0.1, 0.15) is 0 Å². The van der Waals surface area contributed by atoms with E-state index in [0.717, 1.165) is 6.42 Å². The SMILES string of the molecule is CCCC1=Cc2c(ccc(C(C)(C)C)c2-c2cc([Si](C)(C)C)cc([Si](C)(C)C)c2)[CH]1. The van der Waals surface area contributed by atoms with Crippen LogP contribution in [0.4, 0.5) is 0 Å². The first-order valence-corrected chi connectivity index (χ1v) is 18.6. The van der Waals surface area contributed by atoms with E-state index >= 15 is 0 Å². The number of allylic oxidation sites excluding steroid dienone is 1. The Hall–Kier alpha value is -1.39. The van der Waals surface area contributed by atoms with Crippen molar-refractivity contribution in [3.8, 4) is 11.1 Å². The van der Waals surface area contributed by atoms with Crippen LogP contribution in [0.3, 0.4) is 0 Å². The van der Waals surface area contributed by atoms with Gasteiger partial charge in [-0.1, -0.05) is 126 Å². The average molecular weight is 434 g/mol. The molecule has 0 nitrogen and oxygen atoms in total. The average Bonchev–Trinajstić information content (AvgIpc) is 3.01. The summed E-state index contributed by atoms with van der Waals surface area (Å²) in [7, 11) is -2.85. The molecule has 0 saturated carbocycles. The topological polar surface area (TPSA) is 0 Å². The Balaban J connectivity index is 2.36. The van der Waals surface area contributed by atoms with Crippen molar-refractivity contribution in [2.24, 2.45) is 0 Å². The van der Waals surface area contributed by atoms with Crippen LogP contribution in [-0.4, -0.2) is 16.1 Å². The zero-order valence-electron chi connectivity index (χ0n) is 21.0. The van der Waals surface area contributed by atoms with Crippen LogP contribution in [0.25, 0.3) is 17.2 Å². The molecule has 1 radical (unpaired) electrons. The molecule has 0 aromatic heterocycles. The molecule has 0 spiro atoms. The van der Waals surface area contributed by atoms with E-state index in [4.69, 9.17) is 0 Å². The Labute approximate surface area is 187 Å². The van der Waals surface area contributed by atoms with Crippen molar-refractivity contribution in [3.05, 3.63) is 59.0 Å². The molecule has 0 N–H and O–H groups in total. The summed E-state index contributed by atoms with van der Waals surface area (Å²) in [5.41, 5.74) is 8.82. The summed E-state index contributed by atoms with van der Waals surface area (Å²) in [4.78, 5) is 0. The lowest BCUT2D eigenvalue weighted by Gasteiger charge is -2.28. The lowest BCUT2D eigenvalue weighted by atomic mass is 9.79. The largest absolute Gasteiger partial charge is 0.0776 e. The van der Waals surface area contributed by atoms with Crippen LogP contribution in [0, 0.1) is 6.42 Å². The molecule has 161 valence electrons. The summed E-state index contributed by atoms with van der Waals surface area (Å²) in [6, 6.07) is 12.4. The maximum Gasteiger partial charge on any atom is 0.0776 e. The van der Waals surface area contributed by atoms with E-state index in [-0.39, 0.29) is 5.41 Å². The van der Waals surface area contributed by atoms with E-state index in [1.54, 1.807) is 10.4 Å². The van der Waals surface area contributed by atoms with Crippen molar-refractivity contribution in [3.63, 3.8) is 0 Å². The van der Waals surface area contributed by atoms with Gasteiger partial charge >= 0.3 is 0 Å². The molecule has 0 bridgehead atoms. The molecule has 2 aromatic carbocycles. The van der Waals surface area contributed by atoms with Crippen molar-refractivity contribution < 1.29 is 0 Å². The molecule has 0 fully saturated rings. The highest BCUT2D eigenvalue weighted by Gasteiger charge is 2.28. The number of hydrogen-bond acceptors (Lipinski definition) is 0. The van der Waals surface area contributed by atoms with Gasteiger partial charge in [0.2, 0.25) is 0 Å². The first-order valence-electron chi connectivity index (χ1n) is 11.6. The molecule has 0 amide bonds. The minimum Gasteiger partial charge on any atom is -0.0656 e. The maximum atomic E-state index is 2.55. The fourth-order valence-electron chi connectivity index (χ4n) is 4.35. The van der Waals surface area contributed by atoms with Gasteiger partial charge in [0, 0.05) is 6.42 Å². The molecule has 30 heavy (non-hydrogen) atoms. The molecule has 0 aliphatic heterocycles. The molecule has 0 saturated heterocycles. The van der Waals surface area contributed by atoms with Gasteiger partial charge < -0.3 is 0 Å². The number of benzene rings is 2. The summed E-state index contributed by atoms with van der Waals surface area (Å²) >= 11 is 0. The van der Waals surface area contributed by atoms with Gasteiger partial charge in [0.25, 0.3) is 0 Å². The van der Waals surface area contributed by atoms with E-state index in [2.05, 4.69) is 110 Å². The molecular formula is C28H41Si2. The van der Waals surface area contributed by atoms with E-state index in [1.807, 2.05) is 0 Å². The minimum atomic E-state index is -1.42. The van der Waals surface area contributed by atoms with Crippen molar-refractivity contribution in [2.45, 2.75) is 85.2 Å². The Kier molecular flexibility index (Phi) is 6.17. The van der Waals surface area contributed by atoms with Gasteiger partial charge in [-0.05, 0) is 39.7 Å². The van der Waals surface area contributed by atoms with Gasteiger partial charge in [-0.3, -0.25) is 0 Å². The molecule has 3 rings (SSSR count). The standard InChI is InChI=1S/C28H41Si2/c1-11-12-20-15-21-13-14-26(28(2,3)4)27(25(21)16-20)22-17-23(29(5,6)7)19-24(18-22)30(8,9)10/h13-19H,11-12H2,1-10H3.